The maximum absolute atomic E-state index is 13.1. The molecule has 0 amide bonds. The van der Waals surface area contributed by atoms with Crippen LogP contribution in [0, 0.1) is 0 Å². The summed E-state index contributed by atoms with van der Waals surface area (Å²) in [6, 6.07) is 0.763. The molecule has 0 radical (unpaired) electrons. The fourth-order valence-corrected chi connectivity index (χ4v) is 2.46. The predicted molar refractivity (Wildman–Crippen MR) is 58.0 cm³/mol. The minimum atomic E-state index is -5.60. The smallest absolute Gasteiger partial charge is 0.458 e. The first-order chi connectivity index (χ1) is 8.03. The number of ether oxygens (including phenoxy) is 1. The number of hydrogen-bond acceptors (Lipinski definition) is 2. The number of halogens is 5. The van der Waals surface area contributed by atoms with Crippen molar-refractivity contribution in [3.8, 4) is 5.75 Å². The second-order valence-corrected chi connectivity index (χ2v) is 5.53. The van der Waals surface area contributed by atoms with Gasteiger partial charge in [-0.3, -0.25) is 0 Å². The Bertz CT molecular complexity index is 498. The van der Waals surface area contributed by atoms with Crippen LogP contribution in [0.3, 0.4) is 0 Å². The van der Waals surface area contributed by atoms with E-state index in [0.29, 0.717) is 11.3 Å². The molecule has 0 saturated heterocycles. The summed E-state index contributed by atoms with van der Waals surface area (Å²) in [6.07, 6.45) is -2.49. The van der Waals surface area contributed by atoms with Gasteiger partial charge >= 0.3 is 12.1 Å². The predicted octanol–water partition coefficient (Wildman–Crippen LogP) is 4.59. The lowest BCUT2D eigenvalue weighted by Crippen LogP contribution is -2.32. The van der Waals surface area contributed by atoms with Crippen molar-refractivity contribution in [3.05, 3.63) is 21.9 Å². The van der Waals surface area contributed by atoms with Crippen LogP contribution in [-0.2, 0) is 5.92 Å². The summed E-state index contributed by atoms with van der Waals surface area (Å²) in [5.41, 5.74) is -0.709. The van der Waals surface area contributed by atoms with Gasteiger partial charge in [-0.25, -0.2) is 0 Å². The molecule has 1 aliphatic heterocycles. The van der Waals surface area contributed by atoms with Crippen molar-refractivity contribution in [2.24, 2.45) is 0 Å². The first kappa shape index (κ1) is 13.3. The molecule has 0 atom stereocenters. The lowest BCUT2D eigenvalue weighted by molar-refractivity contribution is -0.287. The van der Waals surface area contributed by atoms with Gasteiger partial charge in [-0.05, 0) is 26.0 Å². The first-order valence-electron chi connectivity index (χ1n) is 5.00. The molecular weight excluding hydrogens is 275 g/mol. The van der Waals surface area contributed by atoms with Crippen LogP contribution in [0.5, 0.6) is 5.75 Å². The second kappa shape index (κ2) is 3.69. The summed E-state index contributed by atoms with van der Waals surface area (Å²) in [5.74, 6) is -4.79. The molecule has 0 bridgehead atoms. The van der Waals surface area contributed by atoms with E-state index < -0.39 is 22.6 Å². The number of thiophene rings is 1. The zero-order chi connectivity index (χ0) is 13.8. The number of alkyl halides is 5. The van der Waals surface area contributed by atoms with Crippen molar-refractivity contribution >= 4 is 17.4 Å². The molecule has 1 aromatic heterocycles. The Balaban J connectivity index is 2.42. The maximum atomic E-state index is 13.1. The zero-order valence-corrected chi connectivity index (χ0v) is 10.3. The Kier molecular flexibility index (Phi) is 2.73. The van der Waals surface area contributed by atoms with E-state index in [2.05, 4.69) is 0 Å². The van der Waals surface area contributed by atoms with Crippen LogP contribution in [0.2, 0.25) is 0 Å². The SMILES string of the molecule is CC1(C)C=Cc2sc(C(F)(F)C(F)(F)F)cc2O1. The molecule has 18 heavy (non-hydrogen) atoms. The number of hydrogen-bond donors (Lipinski definition) is 0. The van der Waals surface area contributed by atoms with Gasteiger partial charge in [0.15, 0.2) is 0 Å². The van der Waals surface area contributed by atoms with E-state index >= 15 is 0 Å². The van der Waals surface area contributed by atoms with E-state index in [-0.39, 0.29) is 10.6 Å². The van der Waals surface area contributed by atoms with Crippen molar-refractivity contribution in [2.75, 3.05) is 0 Å². The van der Waals surface area contributed by atoms with Crippen LogP contribution >= 0.6 is 11.3 Å². The molecule has 2 rings (SSSR count). The summed E-state index contributed by atoms with van der Waals surface area (Å²) < 4.78 is 68.3. The van der Waals surface area contributed by atoms with Crippen LogP contribution in [0.4, 0.5) is 22.0 Å². The summed E-state index contributed by atoms with van der Waals surface area (Å²) in [4.78, 5) is -0.782. The first-order valence-corrected chi connectivity index (χ1v) is 5.82. The molecule has 1 nitrogen and oxygen atoms in total. The van der Waals surface area contributed by atoms with Gasteiger partial charge in [-0.1, -0.05) is 0 Å². The monoisotopic (exact) mass is 284 g/mol. The Hall–Kier alpha value is -1.11. The third kappa shape index (κ3) is 2.11. The lowest BCUT2D eigenvalue weighted by atomic mass is 10.1. The zero-order valence-electron chi connectivity index (χ0n) is 9.44. The normalized spacial score (nSPS) is 18.4. The molecular formula is C11H9F5OS. The molecule has 7 heteroatoms. The third-order valence-corrected chi connectivity index (χ3v) is 3.55. The Morgan fingerprint density at radius 1 is 1.17 bits per heavy atom. The molecule has 0 aromatic carbocycles. The quantitative estimate of drug-likeness (QED) is 0.685. The van der Waals surface area contributed by atoms with Crippen molar-refractivity contribution in [3.63, 3.8) is 0 Å². The fourth-order valence-electron chi connectivity index (χ4n) is 1.47. The molecule has 2 heterocycles. The molecule has 0 saturated carbocycles. The standard InChI is InChI=1S/C11H9F5OS/c1-9(2)4-3-7-6(17-9)5-8(18-7)10(12,13)11(14,15)16/h3-5H,1-2H3. The van der Waals surface area contributed by atoms with E-state index in [4.69, 9.17) is 4.74 Å². The summed E-state index contributed by atoms with van der Waals surface area (Å²) >= 11 is 0.388. The minimum Gasteiger partial charge on any atom is -0.482 e. The topological polar surface area (TPSA) is 9.23 Å². The molecule has 0 N–H and O–H groups in total. The van der Waals surface area contributed by atoms with Crippen LogP contribution < -0.4 is 4.74 Å². The summed E-state index contributed by atoms with van der Waals surface area (Å²) in [7, 11) is 0. The van der Waals surface area contributed by atoms with Crippen LogP contribution in [0.25, 0.3) is 6.08 Å². The average Bonchev–Trinajstić information content (AvgIpc) is 2.57. The van der Waals surface area contributed by atoms with Crippen LogP contribution in [-0.4, -0.2) is 11.8 Å². The van der Waals surface area contributed by atoms with Gasteiger partial charge in [0.25, 0.3) is 0 Å². The van der Waals surface area contributed by atoms with Crippen molar-refractivity contribution < 1.29 is 26.7 Å². The van der Waals surface area contributed by atoms with Gasteiger partial charge < -0.3 is 4.74 Å². The Labute approximate surface area is 104 Å². The molecule has 1 aromatic rings. The summed E-state index contributed by atoms with van der Waals surface area (Å²) in [6.45, 7) is 3.37. The fraction of sp³-hybridized carbons (Fsp3) is 0.455. The van der Waals surface area contributed by atoms with Gasteiger partial charge in [0.2, 0.25) is 0 Å². The van der Waals surface area contributed by atoms with Crippen molar-refractivity contribution in [2.45, 2.75) is 31.5 Å². The number of rotatable bonds is 1. The van der Waals surface area contributed by atoms with Gasteiger partial charge in [0.1, 0.15) is 11.4 Å². The van der Waals surface area contributed by atoms with Gasteiger partial charge in [0, 0.05) is 6.07 Å². The van der Waals surface area contributed by atoms with E-state index in [1.54, 1.807) is 19.9 Å². The highest BCUT2D eigenvalue weighted by Crippen LogP contribution is 2.49. The van der Waals surface area contributed by atoms with E-state index in [1.165, 1.54) is 6.08 Å². The van der Waals surface area contributed by atoms with E-state index in [1.807, 2.05) is 0 Å². The molecule has 0 unspecified atom stereocenters. The maximum Gasteiger partial charge on any atom is 0.458 e. The van der Waals surface area contributed by atoms with E-state index in [0.717, 1.165) is 6.07 Å². The number of fused-ring (bicyclic) bond motifs is 1. The highest BCUT2D eigenvalue weighted by Gasteiger charge is 2.60. The van der Waals surface area contributed by atoms with Crippen molar-refractivity contribution in [1.82, 2.24) is 0 Å². The van der Waals surface area contributed by atoms with Crippen molar-refractivity contribution in [1.29, 1.82) is 0 Å². The average molecular weight is 284 g/mol. The van der Waals surface area contributed by atoms with Crippen LogP contribution in [0.15, 0.2) is 12.1 Å². The molecule has 0 spiro atoms. The Morgan fingerprint density at radius 3 is 2.33 bits per heavy atom. The Morgan fingerprint density at radius 2 is 1.78 bits per heavy atom. The molecule has 1 aliphatic rings. The van der Waals surface area contributed by atoms with Crippen LogP contribution in [0.1, 0.15) is 23.6 Å². The minimum absolute atomic E-state index is 0.0615. The highest BCUT2D eigenvalue weighted by atomic mass is 32.1. The van der Waals surface area contributed by atoms with Gasteiger partial charge in [0.05, 0.1) is 9.75 Å². The molecule has 0 aliphatic carbocycles. The lowest BCUT2D eigenvalue weighted by Gasteiger charge is -2.25. The van der Waals surface area contributed by atoms with Gasteiger partial charge in [-0.15, -0.1) is 11.3 Å². The molecule has 0 fully saturated rings. The van der Waals surface area contributed by atoms with E-state index in [9.17, 15) is 22.0 Å². The second-order valence-electron chi connectivity index (χ2n) is 4.45. The third-order valence-electron chi connectivity index (χ3n) is 2.40. The highest BCUT2D eigenvalue weighted by molar-refractivity contribution is 7.13. The molecule has 100 valence electrons. The largest absolute Gasteiger partial charge is 0.482 e. The van der Waals surface area contributed by atoms with Gasteiger partial charge in [-0.2, -0.15) is 22.0 Å². The summed E-state index contributed by atoms with van der Waals surface area (Å²) in [5, 5.41) is 0.